The van der Waals surface area contributed by atoms with E-state index in [1.165, 1.54) is 4.90 Å². The van der Waals surface area contributed by atoms with Crippen LogP contribution < -0.4 is 5.32 Å². The molecule has 0 aromatic heterocycles. The highest BCUT2D eigenvalue weighted by molar-refractivity contribution is 5.95. The van der Waals surface area contributed by atoms with Crippen LogP contribution in [0.4, 0.5) is 4.79 Å². The molecular weight excluding hydrogens is 408 g/mol. The number of nitrogens with one attached hydrogen (secondary N) is 1. The van der Waals surface area contributed by atoms with E-state index in [0.29, 0.717) is 44.0 Å². The molecule has 172 valence electrons. The standard InChI is InChI=1S/C24H32N4O4/c1-4-32-23(30)20-19(15-27-10-12-28(13-11-27)22(29)17-8-9-17)26(3)24(31)25-21(20)18-7-5-6-16(2)14-18/h5-7,14,17,21H,4,8-13,15H2,1-3H3,(H,25,31)/t21-/m1/s1. The summed E-state index contributed by atoms with van der Waals surface area (Å²) >= 11 is 0. The van der Waals surface area contributed by atoms with Crippen molar-refractivity contribution in [1.29, 1.82) is 0 Å². The molecule has 0 bridgehead atoms. The van der Waals surface area contributed by atoms with E-state index in [1.807, 2.05) is 36.1 Å². The van der Waals surface area contributed by atoms with Gasteiger partial charge in [0.05, 0.1) is 18.2 Å². The second kappa shape index (κ2) is 9.32. The van der Waals surface area contributed by atoms with Crippen LogP contribution in [0.1, 0.15) is 36.9 Å². The van der Waals surface area contributed by atoms with Gasteiger partial charge in [-0.3, -0.25) is 14.6 Å². The van der Waals surface area contributed by atoms with Crippen LogP contribution >= 0.6 is 0 Å². The summed E-state index contributed by atoms with van der Waals surface area (Å²) in [5, 5.41) is 2.96. The molecule has 0 radical (unpaired) electrons. The lowest BCUT2D eigenvalue weighted by Gasteiger charge is -2.39. The van der Waals surface area contributed by atoms with Crippen LogP contribution in [0.5, 0.6) is 0 Å². The van der Waals surface area contributed by atoms with Gasteiger partial charge in [0.1, 0.15) is 0 Å². The highest BCUT2D eigenvalue weighted by atomic mass is 16.5. The fraction of sp³-hybridized carbons (Fsp3) is 0.542. The number of piperazine rings is 1. The van der Waals surface area contributed by atoms with Crippen LogP contribution in [0.15, 0.2) is 35.5 Å². The summed E-state index contributed by atoms with van der Waals surface area (Å²) in [6, 6.07) is 7.00. The number of carbonyl (C=O) groups excluding carboxylic acids is 3. The molecule has 1 aromatic rings. The highest BCUT2D eigenvalue weighted by Gasteiger charge is 2.38. The molecule has 1 atom stereocenters. The molecule has 1 aliphatic carbocycles. The van der Waals surface area contributed by atoms with Gasteiger partial charge in [-0.2, -0.15) is 0 Å². The van der Waals surface area contributed by atoms with Crippen LogP contribution in [-0.4, -0.2) is 79.0 Å². The van der Waals surface area contributed by atoms with E-state index in [9.17, 15) is 14.4 Å². The molecule has 8 heteroatoms. The first kappa shape index (κ1) is 22.3. The lowest BCUT2D eigenvalue weighted by atomic mass is 9.93. The number of ether oxygens (including phenoxy) is 1. The van der Waals surface area contributed by atoms with Gasteiger partial charge in [-0.25, -0.2) is 9.59 Å². The van der Waals surface area contributed by atoms with Crippen molar-refractivity contribution in [3.8, 4) is 0 Å². The van der Waals surface area contributed by atoms with E-state index >= 15 is 0 Å². The third-order valence-electron chi connectivity index (χ3n) is 6.43. The van der Waals surface area contributed by atoms with Crippen molar-refractivity contribution in [3.63, 3.8) is 0 Å². The predicted molar refractivity (Wildman–Crippen MR) is 120 cm³/mol. The number of amides is 3. The molecule has 4 rings (SSSR count). The van der Waals surface area contributed by atoms with Gasteiger partial charge in [0.2, 0.25) is 5.91 Å². The zero-order valence-corrected chi connectivity index (χ0v) is 19.1. The van der Waals surface area contributed by atoms with Gasteiger partial charge in [0.15, 0.2) is 0 Å². The highest BCUT2D eigenvalue weighted by Crippen LogP contribution is 2.33. The Balaban J connectivity index is 1.60. The fourth-order valence-electron chi connectivity index (χ4n) is 4.42. The van der Waals surface area contributed by atoms with Gasteiger partial charge in [0.25, 0.3) is 0 Å². The molecule has 32 heavy (non-hydrogen) atoms. The number of hydrogen-bond acceptors (Lipinski definition) is 5. The summed E-state index contributed by atoms with van der Waals surface area (Å²) in [6.45, 7) is 7.24. The Kier molecular flexibility index (Phi) is 6.50. The van der Waals surface area contributed by atoms with Crippen LogP contribution in [-0.2, 0) is 14.3 Å². The van der Waals surface area contributed by atoms with Crippen LogP contribution in [0, 0.1) is 12.8 Å². The Hall–Kier alpha value is -2.87. The third kappa shape index (κ3) is 4.65. The second-order valence-corrected chi connectivity index (χ2v) is 8.81. The van der Waals surface area contributed by atoms with Gasteiger partial charge >= 0.3 is 12.0 Å². The number of aryl methyl sites for hydroxylation is 1. The van der Waals surface area contributed by atoms with Gasteiger partial charge in [-0.1, -0.05) is 29.8 Å². The number of nitrogens with zero attached hydrogens (tertiary/aromatic N) is 3. The lowest BCUT2D eigenvalue weighted by molar-refractivity contribution is -0.139. The Bertz CT molecular complexity index is 932. The Morgan fingerprint density at radius 3 is 2.50 bits per heavy atom. The molecule has 1 N–H and O–H groups in total. The number of esters is 1. The van der Waals surface area contributed by atoms with Gasteiger partial charge in [-0.15, -0.1) is 0 Å². The smallest absolute Gasteiger partial charge is 0.338 e. The third-order valence-corrected chi connectivity index (χ3v) is 6.43. The number of rotatable bonds is 6. The Morgan fingerprint density at radius 2 is 1.88 bits per heavy atom. The Morgan fingerprint density at radius 1 is 1.16 bits per heavy atom. The van der Waals surface area contributed by atoms with Crippen molar-refractivity contribution in [3.05, 3.63) is 46.7 Å². The van der Waals surface area contributed by atoms with Crippen LogP contribution in [0.25, 0.3) is 0 Å². The number of benzene rings is 1. The van der Waals surface area contributed by atoms with Crippen molar-refractivity contribution in [2.24, 2.45) is 5.92 Å². The maximum Gasteiger partial charge on any atom is 0.338 e. The number of likely N-dealkylation sites (N-methyl/N-ethyl adjacent to an activating group) is 1. The quantitative estimate of drug-likeness (QED) is 0.685. The minimum atomic E-state index is -0.564. The maximum atomic E-state index is 13.1. The van der Waals surface area contributed by atoms with Crippen molar-refractivity contribution < 1.29 is 19.1 Å². The van der Waals surface area contributed by atoms with Crippen LogP contribution in [0.2, 0.25) is 0 Å². The first-order valence-corrected chi connectivity index (χ1v) is 11.4. The second-order valence-electron chi connectivity index (χ2n) is 8.81. The zero-order chi connectivity index (χ0) is 22.8. The van der Waals surface area contributed by atoms with E-state index in [2.05, 4.69) is 10.2 Å². The van der Waals surface area contributed by atoms with Gasteiger partial charge < -0.3 is 15.0 Å². The van der Waals surface area contributed by atoms with Gasteiger partial charge in [0, 0.05) is 51.4 Å². The zero-order valence-electron chi connectivity index (χ0n) is 19.1. The monoisotopic (exact) mass is 440 g/mol. The summed E-state index contributed by atoms with van der Waals surface area (Å²) < 4.78 is 5.40. The van der Waals surface area contributed by atoms with E-state index < -0.39 is 12.0 Å². The first-order chi connectivity index (χ1) is 15.4. The first-order valence-electron chi connectivity index (χ1n) is 11.4. The maximum absolute atomic E-state index is 13.1. The SMILES string of the molecule is CCOC(=O)C1=C(CN2CCN(C(=O)C3CC3)CC2)N(C)C(=O)N[C@@H]1c1cccc(C)c1. The topological polar surface area (TPSA) is 82.2 Å². The molecule has 3 amide bonds. The normalized spacial score (nSPS) is 22.1. The number of urea groups is 1. The van der Waals surface area contributed by atoms with Crippen molar-refractivity contribution in [1.82, 2.24) is 20.0 Å². The lowest BCUT2D eigenvalue weighted by Crippen LogP contribution is -2.53. The minimum Gasteiger partial charge on any atom is -0.463 e. The van der Waals surface area contributed by atoms with Crippen molar-refractivity contribution in [2.45, 2.75) is 32.7 Å². The van der Waals surface area contributed by atoms with Gasteiger partial charge in [-0.05, 0) is 32.3 Å². The van der Waals surface area contributed by atoms with Crippen LogP contribution in [0.3, 0.4) is 0 Å². The average Bonchev–Trinajstić information content (AvgIpc) is 3.62. The molecule has 2 heterocycles. The van der Waals surface area contributed by atoms with Crippen molar-refractivity contribution >= 4 is 17.9 Å². The molecule has 8 nitrogen and oxygen atoms in total. The van der Waals surface area contributed by atoms with Crippen molar-refractivity contribution in [2.75, 3.05) is 46.4 Å². The molecule has 2 aliphatic heterocycles. The number of hydrogen-bond donors (Lipinski definition) is 1. The largest absolute Gasteiger partial charge is 0.463 e. The molecular formula is C24H32N4O4. The minimum absolute atomic E-state index is 0.225. The molecule has 1 saturated carbocycles. The molecule has 3 aliphatic rings. The predicted octanol–water partition coefficient (Wildman–Crippen LogP) is 2.06. The van der Waals surface area contributed by atoms with E-state index in [4.69, 9.17) is 4.74 Å². The molecule has 2 fully saturated rings. The average molecular weight is 441 g/mol. The summed E-state index contributed by atoms with van der Waals surface area (Å²) in [6.07, 6.45) is 2.02. The van der Waals surface area contributed by atoms with E-state index in [-0.39, 0.29) is 24.5 Å². The molecule has 0 unspecified atom stereocenters. The Labute approximate surface area is 189 Å². The summed E-state index contributed by atoms with van der Waals surface area (Å²) in [4.78, 5) is 43.9. The molecule has 1 aromatic carbocycles. The number of carbonyl (C=O) groups is 3. The summed E-state index contributed by atoms with van der Waals surface area (Å²) in [5.41, 5.74) is 3.03. The summed E-state index contributed by atoms with van der Waals surface area (Å²) in [5.74, 6) is 0.0797. The summed E-state index contributed by atoms with van der Waals surface area (Å²) in [7, 11) is 1.68. The molecule has 0 spiro atoms. The van der Waals surface area contributed by atoms with E-state index in [1.54, 1.807) is 14.0 Å². The molecule has 1 saturated heterocycles. The van der Waals surface area contributed by atoms with E-state index in [0.717, 1.165) is 24.0 Å². The fourth-order valence-corrected chi connectivity index (χ4v) is 4.42.